The highest BCUT2D eigenvalue weighted by Crippen LogP contribution is 2.34. The average molecular weight is 459 g/mol. The summed E-state index contributed by atoms with van der Waals surface area (Å²) in [5.74, 6) is -1.77. The Kier molecular flexibility index (Phi) is 5.24. The van der Waals surface area contributed by atoms with Crippen LogP contribution in [0.25, 0.3) is 4.96 Å². The molecule has 0 amide bonds. The van der Waals surface area contributed by atoms with Gasteiger partial charge in [0, 0.05) is 24.2 Å². The van der Waals surface area contributed by atoms with E-state index in [0.717, 1.165) is 10.7 Å². The van der Waals surface area contributed by atoms with Crippen molar-refractivity contribution in [2.45, 2.75) is 25.8 Å². The number of ketones is 1. The quantitative estimate of drug-likeness (QED) is 0.435. The fraction of sp³-hybridized carbons (Fsp3) is 0.333. The van der Waals surface area contributed by atoms with Crippen LogP contribution < -0.4 is 5.56 Å². The molecule has 29 heavy (non-hydrogen) atoms. The molecule has 3 rings (SSSR count). The minimum absolute atomic E-state index is 0.185. The number of hydrogen-bond donors (Lipinski definition) is 0. The van der Waals surface area contributed by atoms with Crippen molar-refractivity contribution in [3.63, 3.8) is 0 Å². The number of carbonyl (C=O) groups is 1. The summed E-state index contributed by atoms with van der Waals surface area (Å²) in [6.45, 7) is 0.986. The van der Waals surface area contributed by atoms with E-state index in [9.17, 15) is 35.9 Å². The molecule has 3 heterocycles. The molecule has 14 heteroatoms. The number of nitrogens with zero attached hydrogens (tertiary/aromatic N) is 4. The monoisotopic (exact) mass is 458 g/mol. The van der Waals surface area contributed by atoms with Gasteiger partial charge in [0.05, 0.1) is 6.54 Å². The third-order valence-corrected chi connectivity index (χ3v) is 5.15. The fourth-order valence-corrected chi connectivity index (χ4v) is 3.48. The van der Waals surface area contributed by atoms with Crippen LogP contribution in [0.4, 0.5) is 26.3 Å². The molecule has 0 bridgehead atoms. The Morgan fingerprint density at radius 3 is 2.41 bits per heavy atom. The van der Waals surface area contributed by atoms with Crippen LogP contribution in [0.15, 0.2) is 23.1 Å². The van der Waals surface area contributed by atoms with Crippen LogP contribution in [0.5, 0.6) is 0 Å². The van der Waals surface area contributed by atoms with Gasteiger partial charge in [-0.25, -0.2) is 4.98 Å². The highest BCUT2D eigenvalue weighted by Gasteiger charge is 2.36. The van der Waals surface area contributed by atoms with Crippen LogP contribution in [-0.4, -0.2) is 24.9 Å². The predicted octanol–water partition coefficient (Wildman–Crippen LogP) is 4.16. The first-order valence-corrected chi connectivity index (χ1v) is 8.92. The maximum Gasteiger partial charge on any atom is 0.435 e. The smallest absolute Gasteiger partial charge is 0.292 e. The third-order valence-electron chi connectivity index (χ3n) is 3.81. The van der Waals surface area contributed by atoms with Gasteiger partial charge in [-0.1, -0.05) is 29.9 Å². The lowest BCUT2D eigenvalue weighted by Gasteiger charge is -2.11. The first-order chi connectivity index (χ1) is 13.3. The van der Waals surface area contributed by atoms with E-state index in [1.807, 2.05) is 0 Å². The Morgan fingerprint density at radius 2 is 1.86 bits per heavy atom. The van der Waals surface area contributed by atoms with E-state index in [1.54, 1.807) is 0 Å². The normalized spacial score (nSPS) is 13.8. The SMILES string of the molecule is CC(Cn1nc(C(F)(F)F)cc1Cl)C(=O)c1cc(=O)n2cc(C(F)(F)F)sc2n1. The number of Topliss-reactive ketones (excluding diaryl/α,β-unsaturated/α-hetero) is 1. The average Bonchev–Trinajstić information content (AvgIpc) is 3.18. The second kappa shape index (κ2) is 7.13. The van der Waals surface area contributed by atoms with E-state index in [4.69, 9.17) is 11.6 Å². The molecule has 1 unspecified atom stereocenters. The van der Waals surface area contributed by atoms with Gasteiger partial charge in [-0.15, -0.1) is 0 Å². The molecule has 0 aliphatic carbocycles. The Morgan fingerprint density at radius 1 is 1.21 bits per heavy atom. The number of hydrogen-bond acceptors (Lipinski definition) is 5. The number of aromatic nitrogens is 4. The molecule has 0 aliphatic heterocycles. The molecule has 3 aromatic rings. The van der Waals surface area contributed by atoms with Crippen LogP contribution in [0.2, 0.25) is 5.15 Å². The summed E-state index contributed by atoms with van der Waals surface area (Å²) < 4.78 is 77.9. The molecule has 1 atom stereocenters. The summed E-state index contributed by atoms with van der Waals surface area (Å²) >= 11 is 5.90. The molecule has 0 aliphatic rings. The van der Waals surface area contributed by atoms with Crippen molar-refractivity contribution in [2.75, 3.05) is 0 Å². The molecule has 3 aromatic heterocycles. The molecule has 0 radical (unpaired) electrons. The van der Waals surface area contributed by atoms with E-state index in [1.165, 1.54) is 6.92 Å². The van der Waals surface area contributed by atoms with E-state index < -0.39 is 45.9 Å². The fourth-order valence-electron chi connectivity index (χ4n) is 2.42. The van der Waals surface area contributed by atoms with Gasteiger partial charge in [0.15, 0.2) is 16.4 Å². The number of thiazole rings is 1. The van der Waals surface area contributed by atoms with Crippen molar-refractivity contribution < 1.29 is 31.1 Å². The third kappa shape index (κ3) is 4.29. The Balaban J connectivity index is 1.89. The van der Waals surface area contributed by atoms with Crippen LogP contribution >= 0.6 is 22.9 Å². The van der Waals surface area contributed by atoms with Gasteiger partial charge < -0.3 is 0 Å². The summed E-state index contributed by atoms with van der Waals surface area (Å²) in [4.78, 5) is 27.0. The first-order valence-electron chi connectivity index (χ1n) is 7.72. The minimum atomic E-state index is -4.72. The molecular weight excluding hydrogens is 450 g/mol. The molecule has 0 N–H and O–H groups in total. The van der Waals surface area contributed by atoms with Gasteiger partial charge in [-0.05, 0) is 0 Å². The predicted molar refractivity (Wildman–Crippen MR) is 90.1 cm³/mol. The highest BCUT2D eigenvalue weighted by molar-refractivity contribution is 7.17. The minimum Gasteiger partial charge on any atom is -0.292 e. The molecule has 0 saturated carbocycles. The number of alkyl halides is 6. The Hall–Kier alpha value is -2.41. The van der Waals surface area contributed by atoms with Crippen LogP contribution in [0.1, 0.15) is 28.0 Å². The van der Waals surface area contributed by atoms with Crippen molar-refractivity contribution >= 4 is 33.7 Å². The van der Waals surface area contributed by atoms with Gasteiger partial charge in [0.1, 0.15) is 15.7 Å². The molecule has 6 nitrogen and oxygen atoms in total. The Bertz CT molecular complexity index is 1150. The van der Waals surface area contributed by atoms with Gasteiger partial charge in [-0.3, -0.25) is 18.7 Å². The van der Waals surface area contributed by atoms with E-state index >= 15 is 0 Å². The van der Waals surface area contributed by atoms with Gasteiger partial charge in [0.25, 0.3) is 5.56 Å². The molecule has 156 valence electrons. The molecule has 0 aromatic carbocycles. The summed E-state index contributed by atoms with van der Waals surface area (Å²) in [5, 5.41) is 2.94. The summed E-state index contributed by atoms with van der Waals surface area (Å²) in [6, 6.07) is 1.37. The van der Waals surface area contributed by atoms with Crippen molar-refractivity contribution in [1.82, 2.24) is 19.2 Å². The number of fused-ring (bicyclic) bond motifs is 1. The number of rotatable bonds is 4. The number of carbonyl (C=O) groups excluding carboxylic acids is 1. The van der Waals surface area contributed by atoms with E-state index in [0.29, 0.717) is 16.7 Å². The molecule has 0 spiro atoms. The molecule has 0 saturated heterocycles. The largest absolute Gasteiger partial charge is 0.435 e. The lowest BCUT2D eigenvalue weighted by atomic mass is 10.0. The van der Waals surface area contributed by atoms with Gasteiger partial charge >= 0.3 is 12.4 Å². The summed E-state index contributed by atoms with van der Waals surface area (Å²) in [6.07, 6.45) is -8.83. The zero-order chi connectivity index (χ0) is 21.7. The molecule has 0 fully saturated rings. The van der Waals surface area contributed by atoms with Crippen LogP contribution in [-0.2, 0) is 18.9 Å². The zero-order valence-electron chi connectivity index (χ0n) is 14.2. The van der Waals surface area contributed by atoms with Crippen molar-refractivity contribution in [1.29, 1.82) is 0 Å². The summed E-state index contributed by atoms with van der Waals surface area (Å²) in [7, 11) is 0. The van der Waals surface area contributed by atoms with Gasteiger partial charge in [-0.2, -0.15) is 31.4 Å². The van der Waals surface area contributed by atoms with Crippen LogP contribution in [0.3, 0.4) is 0 Å². The lowest BCUT2D eigenvalue weighted by molar-refractivity contribution is -0.141. The highest BCUT2D eigenvalue weighted by atomic mass is 35.5. The van der Waals surface area contributed by atoms with Crippen LogP contribution in [0, 0.1) is 5.92 Å². The van der Waals surface area contributed by atoms with Crippen molar-refractivity contribution in [3.05, 3.63) is 50.1 Å². The Labute approximate surface area is 166 Å². The number of halogens is 7. The maximum atomic E-state index is 12.8. The maximum absolute atomic E-state index is 12.8. The molecular formula is C15H9ClF6N4O2S. The second-order valence-corrected chi connectivity index (χ2v) is 7.42. The first kappa shape index (κ1) is 21.3. The van der Waals surface area contributed by atoms with Crippen molar-refractivity contribution in [2.24, 2.45) is 5.92 Å². The van der Waals surface area contributed by atoms with Gasteiger partial charge in [0.2, 0.25) is 0 Å². The van der Waals surface area contributed by atoms with E-state index in [2.05, 4.69) is 10.1 Å². The zero-order valence-corrected chi connectivity index (χ0v) is 15.7. The topological polar surface area (TPSA) is 69.3 Å². The standard InChI is InChI=1S/C15H9ClF6N4O2S/c1-6(4-26-10(16)3-8(24-26)14(17,18)19)12(28)7-2-11(27)25-5-9(15(20,21)22)29-13(25)23-7/h2-3,5-6H,4H2,1H3. The summed E-state index contributed by atoms with van der Waals surface area (Å²) in [5.41, 5.74) is -2.54. The lowest BCUT2D eigenvalue weighted by Crippen LogP contribution is -2.23. The van der Waals surface area contributed by atoms with E-state index in [-0.39, 0.29) is 28.0 Å². The van der Waals surface area contributed by atoms with Crippen molar-refractivity contribution in [3.8, 4) is 0 Å². The second-order valence-electron chi connectivity index (χ2n) is 6.02.